The average molecular weight is 272 g/mol. The highest BCUT2D eigenvalue weighted by molar-refractivity contribution is 6.31. The molecule has 2 aromatic heterocycles. The summed E-state index contributed by atoms with van der Waals surface area (Å²) in [6.07, 6.45) is 5.19. The van der Waals surface area contributed by atoms with Crippen LogP contribution in [0.15, 0.2) is 48.9 Å². The van der Waals surface area contributed by atoms with Crippen molar-refractivity contribution in [3.8, 4) is 28.1 Å². The minimum absolute atomic E-state index is 0.123. The summed E-state index contributed by atoms with van der Waals surface area (Å²) in [7, 11) is 0. The molecule has 0 atom stereocenters. The van der Waals surface area contributed by atoms with Gasteiger partial charge in [0.05, 0.1) is 11.9 Å². The lowest BCUT2D eigenvalue weighted by molar-refractivity contribution is 0.475. The fraction of sp³-hybridized carbons (Fsp3) is 0. The second kappa shape index (κ2) is 4.74. The van der Waals surface area contributed by atoms with E-state index in [4.69, 9.17) is 11.6 Å². The SMILES string of the molecule is Oc1cc(Cl)cc(-c2[nH]ncc2-c2ccncc2)c1. The fourth-order valence-electron chi connectivity index (χ4n) is 1.98. The summed E-state index contributed by atoms with van der Waals surface area (Å²) < 4.78 is 0. The molecule has 4 nitrogen and oxygen atoms in total. The van der Waals surface area contributed by atoms with Gasteiger partial charge >= 0.3 is 0 Å². The third kappa shape index (κ3) is 2.30. The Labute approximate surface area is 114 Å². The van der Waals surface area contributed by atoms with Crippen LogP contribution in [0, 0.1) is 0 Å². The van der Waals surface area contributed by atoms with Crippen molar-refractivity contribution < 1.29 is 5.11 Å². The first-order valence-electron chi connectivity index (χ1n) is 5.68. The molecule has 19 heavy (non-hydrogen) atoms. The van der Waals surface area contributed by atoms with Crippen molar-refractivity contribution in [1.29, 1.82) is 0 Å². The lowest BCUT2D eigenvalue weighted by atomic mass is 10.0. The third-order valence-electron chi connectivity index (χ3n) is 2.80. The van der Waals surface area contributed by atoms with E-state index in [1.54, 1.807) is 30.7 Å². The predicted octanol–water partition coefficient (Wildman–Crippen LogP) is 3.50. The Morgan fingerprint density at radius 1 is 1.05 bits per heavy atom. The van der Waals surface area contributed by atoms with E-state index in [9.17, 15) is 5.11 Å². The summed E-state index contributed by atoms with van der Waals surface area (Å²) in [5.74, 6) is 0.123. The normalized spacial score (nSPS) is 10.6. The summed E-state index contributed by atoms with van der Waals surface area (Å²) in [5.41, 5.74) is 3.53. The fourth-order valence-corrected chi connectivity index (χ4v) is 2.20. The highest BCUT2D eigenvalue weighted by Gasteiger charge is 2.11. The largest absolute Gasteiger partial charge is 0.508 e. The summed E-state index contributed by atoms with van der Waals surface area (Å²) in [4.78, 5) is 3.99. The molecule has 0 saturated carbocycles. The number of benzene rings is 1. The number of hydrogen-bond donors (Lipinski definition) is 2. The number of hydrogen-bond acceptors (Lipinski definition) is 3. The van der Waals surface area contributed by atoms with E-state index < -0.39 is 0 Å². The zero-order chi connectivity index (χ0) is 13.2. The van der Waals surface area contributed by atoms with E-state index in [-0.39, 0.29) is 5.75 Å². The molecule has 0 unspecified atom stereocenters. The van der Waals surface area contributed by atoms with Gasteiger partial charge in [-0.3, -0.25) is 10.1 Å². The number of nitrogens with one attached hydrogen (secondary N) is 1. The Morgan fingerprint density at radius 2 is 1.84 bits per heavy atom. The Bertz CT molecular complexity index is 689. The topological polar surface area (TPSA) is 61.8 Å². The van der Waals surface area contributed by atoms with Gasteiger partial charge in [-0.15, -0.1) is 0 Å². The van der Waals surface area contributed by atoms with Gasteiger partial charge in [0.15, 0.2) is 0 Å². The number of phenols is 1. The Balaban J connectivity index is 2.15. The number of aromatic hydroxyl groups is 1. The monoisotopic (exact) mass is 271 g/mol. The molecule has 3 aromatic rings. The smallest absolute Gasteiger partial charge is 0.117 e. The lowest BCUT2D eigenvalue weighted by Crippen LogP contribution is -1.83. The molecule has 0 aliphatic rings. The standard InChI is InChI=1S/C14H10ClN3O/c15-11-5-10(6-12(19)7-11)14-13(8-17-18-14)9-1-3-16-4-2-9/h1-8,19H,(H,17,18). The van der Waals surface area contributed by atoms with E-state index in [2.05, 4.69) is 15.2 Å². The molecule has 94 valence electrons. The van der Waals surface area contributed by atoms with E-state index >= 15 is 0 Å². The van der Waals surface area contributed by atoms with Crippen LogP contribution < -0.4 is 0 Å². The highest BCUT2D eigenvalue weighted by atomic mass is 35.5. The molecule has 0 aliphatic carbocycles. The maximum Gasteiger partial charge on any atom is 0.117 e. The first-order chi connectivity index (χ1) is 9.24. The summed E-state index contributed by atoms with van der Waals surface area (Å²) >= 11 is 5.96. The number of halogens is 1. The van der Waals surface area contributed by atoms with Gasteiger partial charge in [0, 0.05) is 28.5 Å². The van der Waals surface area contributed by atoms with Crippen LogP contribution in [0.5, 0.6) is 5.75 Å². The van der Waals surface area contributed by atoms with Crippen LogP contribution in [0.1, 0.15) is 0 Å². The molecule has 2 heterocycles. The predicted molar refractivity (Wildman–Crippen MR) is 73.9 cm³/mol. The lowest BCUT2D eigenvalue weighted by Gasteiger charge is -2.05. The highest BCUT2D eigenvalue weighted by Crippen LogP contribution is 2.33. The van der Waals surface area contributed by atoms with Crippen molar-refractivity contribution in [2.24, 2.45) is 0 Å². The van der Waals surface area contributed by atoms with Gasteiger partial charge in [-0.2, -0.15) is 5.10 Å². The number of phenolic OH excluding ortho intramolecular Hbond substituents is 1. The zero-order valence-corrected chi connectivity index (χ0v) is 10.6. The van der Waals surface area contributed by atoms with E-state index in [0.29, 0.717) is 5.02 Å². The van der Waals surface area contributed by atoms with Crippen LogP contribution in [0.3, 0.4) is 0 Å². The van der Waals surface area contributed by atoms with Crippen molar-refractivity contribution in [2.45, 2.75) is 0 Å². The molecule has 0 spiro atoms. The maximum absolute atomic E-state index is 9.63. The second-order valence-corrected chi connectivity index (χ2v) is 4.53. The van der Waals surface area contributed by atoms with Gasteiger partial charge in [0.2, 0.25) is 0 Å². The Hall–Kier alpha value is -2.33. The zero-order valence-electron chi connectivity index (χ0n) is 9.84. The molecular formula is C14H10ClN3O. The number of H-pyrrole nitrogens is 1. The number of aromatic amines is 1. The quantitative estimate of drug-likeness (QED) is 0.750. The van der Waals surface area contributed by atoms with Gasteiger partial charge in [-0.1, -0.05) is 11.6 Å². The van der Waals surface area contributed by atoms with Crippen LogP contribution in [0.4, 0.5) is 0 Å². The molecule has 0 saturated heterocycles. The minimum atomic E-state index is 0.123. The number of pyridine rings is 1. The molecule has 2 N–H and O–H groups in total. The number of rotatable bonds is 2. The maximum atomic E-state index is 9.63. The van der Waals surface area contributed by atoms with Crippen LogP contribution in [-0.4, -0.2) is 20.3 Å². The molecule has 5 heteroatoms. The van der Waals surface area contributed by atoms with E-state index in [1.807, 2.05) is 12.1 Å². The van der Waals surface area contributed by atoms with Gasteiger partial charge in [-0.25, -0.2) is 0 Å². The number of nitrogens with zero attached hydrogens (tertiary/aromatic N) is 2. The molecule has 0 radical (unpaired) electrons. The average Bonchev–Trinajstić information content (AvgIpc) is 2.88. The summed E-state index contributed by atoms with van der Waals surface area (Å²) in [5, 5.41) is 17.1. The van der Waals surface area contributed by atoms with Gasteiger partial charge in [0.25, 0.3) is 0 Å². The first kappa shape index (κ1) is 11.7. The molecule has 3 rings (SSSR count). The molecular weight excluding hydrogens is 262 g/mol. The van der Waals surface area contributed by atoms with Crippen molar-refractivity contribution in [3.63, 3.8) is 0 Å². The summed E-state index contributed by atoms with van der Waals surface area (Å²) in [6, 6.07) is 8.72. The van der Waals surface area contributed by atoms with Crippen molar-refractivity contribution in [1.82, 2.24) is 15.2 Å². The van der Waals surface area contributed by atoms with Gasteiger partial charge in [-0.05, 0) is 35.9 Å². The molecule has 0 bridgehead atoms. The minimum Gasteiger partial charge on any atom is -0.508 e. The first-order valence-corrected chi connectivity index (χ1v) is 6.05. The van der Waals surface area contributed by atoms with Crippen molar-refractivity contribution >= 4 is 11.6 Å². The van der Waals surface area contributed by atoms with E-state index in [1.165, 1.54) is 6.07 Å². The Kier molecular flexibility index (Phi) is 2.93. The van der Waals surface area contributed by atoms with Crippen LogP contribution in [0.25, 0.3) is 22.4 Å². The van der Waals surface area contributed by atoms with Crippen LogP contribution >= 0.6 is 11.6 Å². The van der Waals surface area contributed by atoms with Gasteiger partial charge in [0.1, 0.15) is 5.75 Å². The van der Waals surface area contributed by atoms with Crippen LogP contribution in [0.2, 0.25) is 5.02 Å². The van der Waals surface area contributed by atoms with E-state index in [0.717, 1.165) is 22.4 Å². The van der Waals surface area contributed by atoms with Crippen LogP contribution in [-0.2, 0) is 0 Å². The second-order valence-electron chi connectivity index (χ2n) is 4.09. The van der Waals surface area contributed by atoms with Gasteiger partial charge < -0.3 is 5.11 Å². The summed E-state index contributed by atoms with van der Waals surface area (Å²) in [6.45, 7) is 0. The number of aromatic nitrogens is 3. The molecule has 1 aromatic carbocycles. The Morgan fingerprint density at radius 3 is 2.58 bits per heavy atom. The molecule has 0 fully saturated rings. The van der Waals surface area contributed by atoms with Crippen molar-refractivity contribution in [2.75, 3.05) is 0 Å². The molecule has 0 aliphatic heterocycles. The van der Waals surface area contributed by atoms with Crippen molar-refractivity contribution in [3.05, 3.63) is 53.9 Å². The molecule has 0 amide bonds. The third-order valence-corrected chi connectivity index (χ3v) is 3.02.